The van der Waals surface area contributed by atoms with Crippen molar-refractivity contribution < 1.29 is 26.1 Å². The van der Waals surface area contributed by atoms with E-state index in [1.54, 1.807) is 60.4 Å². The third kappa shape index (κ3) is 6.57. The summed E-state index contributed by atoms with van der Waals surface area (Å²) in [5, 5.41) is 21.5. The van der Waals surface area contributed by atoms with Gasteiger partial charge in [0.15, 0.2) is 5.65 Å². The topological polar surface area (TPSA) is 138 Å². The molecule has 3 aromatic carbocycles. The van der Waals surface area contributed by atoms with E-state index < -0.39 is 21.9 Å². The summed E-state index contributed by atoms with van der Waals surface area (Å²) in [6, 6.07) is 17.3. The molecule has 0 saturated carbocycles. The zero-order chi connectivity index (χ0) is 36.0. The molecule has 0 aliphatic heterocycles. The van der Waals surface area contributed by atoms with Gasteiger partial charge in [-0.15, -0.1) is 5.10 Å². The summed E-state index contributed by atoms with van der Waals surface area (Å²) in [6.07, 6.45) is -0.104. The first-order valence-electron chi connectivity index (χ1n) is 15.6. The molecule has 0 radical (unpaired) electrons. The first-order chi connectivity index (χ1) is 23.7. The number of aromatic nitrogens is 5. The number of pyridine rings is 1. The minimum atomic E-state index is -4.55. The van der Waals surface area contributed by atoms with Crippen molar-refractivity contribution in [3.63, 3.8) is 0 Å². The molecular weight excluding hydrogens is 668 g/mol. The number of hydrogen-bond acceptors (Lipinski definition) is 7. The van der Waals surface area contributed by atoms with Crippen LogP contribution < -0.4 is 5.32 Å². The summed E-state index contributed by atoms with van der Waals surface area (Å²) in [4.78, 5) is 4.58. The molecule has 6 aromatic rings. The molecule has 14 heteroatoms. The molecule has 50 heavy (non-hydrogen) atoms. The Morgan fingerprint density at radius 2 is 1.70 bits per heavy atom. The summed E-state index contributed by atoms with van der Waals surface area (Å²) < 4.78 is 78.3. The van der Waals surface area contributed by atoms with Crippen molar-refractivity contribution in [3.8, 4) is 34.1 Å². The van der Waals surface area contributed by atoms with E-state index in [0.717, 1.165) is 28.8 Å². The van der Waals surface area contributed by atoms with Gasteiger partial charge in [0.25, 0.3) is 10.1 Å². The van der Waals surface area contributed by atoms with Gasteiger partial charge >= 0.3 is 6.18 Å². The van der Waals surface area contributed by atoms with Crippen molar-refractivity contribution in [3.05, 3.63) is 112 Å². The Labute approximate surface area is 286 Å². The van der Waals surface area contributed by atoms with Crippen molar-refractivity contribution in [1.29, 1.82) is 5.26 Å². The molecule has 0 bridgehead atoms. The van der Waals surface area contributed by atoms with Crippen molar-refractivity contribution in [2.24, 2.45) is 0 Å². The van der Waals surface area contributed by atoms with Crippen LogP contribution in [0.15, 0.2) is 78.0 Å². The molecule has 0 unspecified atom stereocenters. The minimum absolute atomic E-state index is 0.112. The Kier molecular flexibility index (Phi) is 8.98. The lowest BCUT2D eigenvalue weighted by atomic mass is 9.95. The number of alkyl halides is 3. The lowest BCUT2D eigenvalue weighted by molar-refractivity contribution is -0.137. The quantitative estimate of drug-likeness (QED) is 0.116. The van der Waals surface area contributed by atoms with Crippen LogP contribution in [-0.4, -0.2) is 43.9 Å². The third-order valence-corrected chi connectivity index (χ3v) is 9.97. The zero-order valence-electron chi connectivity index (χ0n) is 27.5. The van der Waals surface area contributed by atoms with Gasteiger partial charge in [0.05, 0.1) is 39.7 Å². The maximum atomic E-state index is 13.8. The van der Waals surface area contributed by atoms with Gasteiger partial charge in [0.2, 0.25) is 5.95 Å². The number of rotatable bonds is 9. The second kappa shape index (κ2) is 13.1. The maximum Gasteiger partial charge on any atom is 0.416 e. The molecule has 0 spiro atoms. The Hall–Kier alpha value is -5.52. The summed E-state index contributed by atoms with van der Waals surface area (Å²) >= 11 is 0. The molecule has 6 rings (SSSR count). The molecule has 0 aliphatic carbocycles. The Morgan fingerprint density at radius 1 is 0.960 bits per heavy atom. The lowest BCUT2D eigenvalue weighted by Gasteiger charge is -2.16. The van der Waals surface area contributed by atoms with E-state index in [9.17, 15) is 31.4 Å². The van der Waals surface area contributed by atoms with Gasteiger partial charge < -0.3 is 5.32 Å². The molecule has 2 N–H and O–H groups in total. The summed E-state index contributed by atoms with van der Waals surface area (Å²) in [6.45, 7) is 7.60. The van der Waals surface area contributed by atoms with Gasteiger partial charge in [0.1, 0.15) is 0 Å². The van der Waals surface area contributed by atoms with Gasteiger partial charge in [-0.05, 0) is 122 Å². The van der Waals surface area contributed by atoms with E-state index in [1.807, 2.05) is 20.8 Å². The van der Waals surface area contributed by atoms with Gasteiger partial charge in [-0.3, -0.25) is 4.55 Å². The van der Waals surface area contributed by atoms with Crippen molar-refractivity contribution in [2.45, 2.75) is 51.6 Å². The first-order valence-corrected chi connectivity index (χ1v) is 17.0. The highest BCUT2D eigenvalue weighted by atomic mass is 32.2. The second-order valence-electron chi connectivity index (χ2n) is 12.0. The molecule has 0 atom stereocenters. The van der Waals surface area contributed by atoms with E-state index >= 15 is 0 Å². The Balaban J connectivity index is 1.38. The molecule has 0 saturated heterocycles. The predicted molar refractivity (Wildman–Crippen MR) is 183 cm³/mol. The van der Waals surface area contributed by atoms with E-state index in [1.165, 1.54) is 16.6 Å². The predicted octanol–water partition coefficient (Wildman–Crippen LogP) is 7.66. The first kappa shape index (κ1) is 34.3. The minimum Gasteiger partial charge on any atom is -0.353 e. The van der Waals surface area contributed by atoms with Gasteiger partial charge in [0, 0.05) is 23.9 Å². The van der Waals surface area contributed by atoms with Gasteiger partial charge in [-0.1, -0.05) is 12.1 Å². The molecular formula is C36H32F3N7O3S. The number of nitrogens with zero attached hydrogens (tertiary/aromatic N) is 6. The van der Waals surface area contributed by atoms with Crippen LogP contribution >= 0.6 is 0 Å². The zero-order valence-corrected chi connectivity index (χ0v) is 28.4. The summed E-state index contributed by atoms with van der Waals surface area (Å²) in [5.41, 5.74) is 6.50. The van der Waals surface area contributed by atoms with E-state index in [2.05, 4.69) is 21.6 Å². The number of halogens is 3. The number of anilines is 1. The number of benzene rings is 3. The van der Waals surface area contributed by atoms with E-state index in [4.69, 9.17) is 4.98 Å². The third-order valence-electron chi connectivity index (χ3n) is 8.99. The molecule has 3 aromatic heterocycles. The van der Waals surface area contributed by atoms with Crippen LogP contribution in [-0.2, 0) is 22.7 Å². The van der Waals surface area contributed by atoms with Crippen molar-refractivity contribution in [2.75, 3.05) is 11.9 Å². The van der Waals surface area contributed by atoms with Crippen molar-refractivity contribution in [1.82, 2.24) is 24.4 Å². The van der Waals surface area contributed by atoms with E-state index in [-0.39, 0.29) is 10.8 Å². The Bertz CT molecular complexity index is 2410. The molecule has 0 fully saturated rings. The lowest BCUT2D eigenvalue weighted by Crippen LogP contribution is -2.08. The molecule has 256 valence electrons. The van der Waals surface area contributed by atoms with Gasteiger partial charge in [-0.2, -0.15) is 36.9 Å². The highest BCUT2D eigenvalue weighted by molar-refractivity contribution is 7.85. The van der Waals surface area contributed by atoms with E-state index in [0.29, 0.717) is 69.8 Å². The molecule has 10 nitrogen and oxygen atoms in total. The fourth-order valence-electron chi connectivity index (χ4n) is 6.11. The average Bonchev–Trinajstić information content (AvgIpc) is 3.72. The number of hydrogen-bond donors (Lipinski definition) is 2. The smallest absolute Gasteiger partial charge is 0.353 e. The number of aryl methyl sites for hydroxylation is 1. The summed E-state index contributed by atoms with van der Waals surface area (Å²) in [5.74, 6) is 0.255. The number of fused-ring (bicyclic) bond motifs is 1. The SMILES string of the molecule is Cc1c(CCCNc2nc3c(-c4cccc(C(F)(F)F)c4)c(C)c(-c4ccnn4-c4ccc(C#N)cc4)cn3n2)cc(S(=O)(=O)O)c(C)c1C. The second-order valence-corrected chi connectivity index (χ2v) is 13.4. The fourth-order valence-corrected chi connectivity index (χ4v) is 6.94. The van der Waals surface area contributed by atoms with Crippen LogP contribution in [0.3, 0.4) is 0 Å². The normalized spacial score (nSPS) is 12.0. The fraction of sp³-hybridized carbons (Fsp3) is 0.222. The maximum absolute atomic E-state index is 13.8. The van der Waals surface area contributed by atoms with Crippen LogP contribution in [0.4, 0.5) is 19.1 Å². The molecule has 3 heterocycles. The van der Waals surface area contributed by atoms with Crippen LogP contribution in [0.2, 0.25) is 0 Å². The Morgan fingerprint density at radius 3 is 2.38 bits per heavy atom. The van der Waals surface area contributed by atoms with Crippen LogP contribution in [0.1, 0.15) is 45.4 Å². The number of nitrogens with one attached hydrogen (secondary N) is 1. The van der Waals surface area contributed by atoms with Crippen molar-refractivity contribution >= 4 is 21.7 Å². The summed E-state index contributed by atoms with van der Waals surface area (Å²) in [7, 11) is -4.38. The van der Waals surface area contributed by atoms with Gasteiger partial charge in [-0.25, -0.2) is 9.20 Å². The highest BCUT2D eigenvalue weighted by Gasteiger charge is 2.31. The molecule has 0 aliphatic rings. The van der Waals surface area contributed by atoms with Crippen LogP contribution in [0.25, 0.3) is 33.7 Å². The number of nitriles is 1. The highest BCUT2D eigenvalue weighted by Crippen LogP contribution is 2.38. The molecule has 0 amide bonds. The standard InChI is InChI=1S/C36H32F3N7O3S/c1-21-22(2)26(18-32(23(21)3)50(47,48)49)8-6-15-41-35-43-34-33(27-7-5-9-28(17-27)36(37,38)39)24(4)30(20-45(34)44-35)31-14-16-42-46(31)29-12-10-25(19-40)11-13-29/h5,7,9-14,16-18,20H,6,8,15H2,1-4H3,(H,41,44)(H,47,48,49). The average molecular weight is 700 g/mol. The van der Waals surface area contributed by atoms with Crippen LogP contribution in [0.5, 0.6) is 0 Å². The van der Waals surface area contributed by atoms with Crippen LogP contribution in [0, 0.1) is 39.0 Å². The largest absolute Gasteiger partial charge is 0.416 e. The monoisotopic (exact) mass is 699 g/mol.